The lowest BCUT2D eigenvalue weighted by Crippen LogP contribution is -2.86. The van der Waals surface area contributed by atoms with Crippen molar-refractivity contribution >= 4 is 23.9 Å². The highest BCUT2D eigenvalue weighted by atomic mass is 17.0. The zero-order valence-electron chi connectivity index (χ0n) is 24.2. The molecule has 0 amide bonds. The molecule has 18 nitrogen and oxygen atoms in total. The first-order valence-corrected chi connectivity index (χ1v) is 13.6. The zero-order chi connectivity index (χ0) is 34.6. The number of hydrogen-bond acceptors (Lipinski definition) is 18. The van der Waals surface area contributed by atoms with Crippen LogP contribution in [0.4, 0.5) is 0 Å². The van der Waals surface area contributed by atoms with Crippen molar-refractivity contribution in [3.05, 3.63) is 120 Å². The SMILES string of the molecule is O=C(OC1(OC(=O)c2cccnc2)O[C@@](O)(CO)[C@@H](O)[C@@](O)(OC(=O)c2cccnc2)[C@@]1(O)OC(=O)c1cccnc1)c1cccnc1. The van der Waals surface area contributed by atoms with E-state index in [0.29, 0.717) is 0 Å². The maximum absolute atomic E-state index is 13.5. The molecule has 4 aromatic heterocycles. The van der Waals surface area contributed by atoms with E-state index in [-0.39, 0.29) is 0 Å². The maximum atomic E-state index is 13.5. The Morgan fingerprint density at radius 2 is 0.979 bits per heavy atom. The van der Waals surface area contributed by atoms with Crippen LogP contribution < -0.4 is 0 Å². The van der Waals surface area contributed by atoms with Crippen molar-refractivity contribution in [2.45, 2.75) is 29.4 Å². The molecule has 1 fully saturated rings. The third kappa shape index (κ3) is 6.05. The molecule has 18 heteroatoms. The summed E-state index contributed by atoms with van der Waals surface area (Å²) in [5.74, 6) is -22.8. The second kappa shape index (κ2) is 13.2. The minimum Gasteiger partial charge on any atom is -0.419 e. The van der Waals surface area contributed by atoms with Crippen LogP contribution in [0.2, 0.25) is 0 Å². The van der Waals surface area contributed by atoms with E-state index in [9.17, 15) is 44.7 Å². The minimum absolute atomic E-state index is 0.437. The van der Waals surface area contributed by atoms with Gasteiger partial charge in [-0.3, -0.25) is 24.7 Å². The number of aromatic nitrogens is 4. The maximum Gasteiger partial charge on any atom is 0.456 e. The number of carbonyl (C=O) groups excluding carboxylic acids is 4. The number of hydrogen-bond donors (Lipinski definition) is 5. The number of aliphatic hydroxyl groups excluding tert-OH is 2. The van der Waals surface area contributed by atoms with Gasteiger partial charge in [-0.05, 0) is 48.5 Å². The van der Waals surface area contributed by atoms with Gasteiger partial charge < -0.3 is 44.5 Å². The number of nitrogens with zero attached hydrogens (tertiary/aromatic N) is 4. The molecule has 0 aromatic carbocycles. The Hall–Kier alpha value is -5.76. The monoisotopic (exact) mass is 664 g/mol. The van der Waals surface area contributed by atoms with Crippen LogP contribution in [-0.2, 0) is 23.7 Å². The van der Waals surface area contributed by atoms with Crippen molar-refractivity contribution in [1.29, 1.82) is 0 Å². The molecule has 0 bridgehead atoms. The molecule has 5 rings (SSSR count). The normalized spacial score (nSPS) is 24.5. The molecule has 248 valence electrons. The molecule has 0 spiro atoms. The average Bonchev–Trinajstić information content (AvgIpc) is 3.11. The molecule has 1 saturated heterocycles. The molecule has 0 saturated carbocycles. The Labute approximate surface area is 268 Å². The molecule has 5 N–H and O–H groups in total. The Kier molecular flexibility index (Phi) is 9.21. The summed E-state index contributed by atoms with van der Waals surface area (Å²) < 4.78 is 26.1. The number of aliphatic hydroxyl groups is 5. The smallest absolute Gasteiger partial charge is 0.419 e. The van der Waals surface area contributed by atoms with E-state index >= 15 is 0 Å². The summed E-state index contributed by atoms with van der Waals surface area (Å²) in [5.41, 5.74) is -1.78. The minimum atomic E-state index is -4.37. The number of rotatable bonds is 9. The second-order valence-corrected chi connectivity index (χ2v) is 9.93. The van der Waals surface area contributed by atoms with E-state index in [2.05, 4.69) is 19.9 Å². The lowest BCUT2D eigenvalue weighted by Gasteiger charge is -2.56. The highest BCUT2D eigenvalue weighted by Gasteiger charge is 2.86. The Bertz CT molecular complexity index is 1730. The third-order valence-corrected chi connectivity index (χ3v) is 6.77. The van der Waals surface area contributed by atoms with Gasteiger partial charge in [0.2, 0.25) is 5.79 Å². The molecule has 1 aliphatic rings. The topological polar surface area (TPSA) is 267 Å². The largest absolute Gasteiger partial charge is 0.456 e. The van der Waals surface area contributed by atoms with Gasteiger partial charge in [-0.15, -0.1) is 0 Å². The van der Waals surface area contributed by atoms with Crippen LogP contribution in [0, 0.1) is 0 Å². The lowest BCUT2D eigenvalue weighted by atomic mass is 9.87. The standard InChI is InChI=1S/C30H24N4O14/c35-17-27(41)26(40)28(42,44-22(36)18-5-1-9-31-13-18)29(43,45-23(37)19-6-2-10-32-14-19)30(48-27,46-24(38)20-7-3-11-33-15-20)47-25(39)21-8-4-12-34-16-21/h1-16,26,35,40-43H,17H2/t26-,27+,28-,29-/m1/s1. The summed E-state index contributed by atoms with van der Waals surface area (Å²) in [4.78, 5) is 68.7. The quantitative estimate of drug-likeness (QED) is 0.0824. The number of carbonyl (C=O) groups is 4. The molecule has 4 aromatic rings. The van der Waals surface area contributed by atoms with Crippen molar-refractivity contribution in [3.63, 3.8) is 0 Å². The number of pyridine rings is 4. The lowest BCUT2D eigenvalue weighted by molar-refractivity contribution is -0.586. The van der Waals surface area contributed by atoms with Gasteiger partial charge in [-0.25, -0.2) is 19.2 Å². The first-order valence-electron chi connectivity index (χ1n) is 13.6. The molecule has 0 unspecified atom stereocenters. The molecule has 0 aliphatic carbocycles. The highest BCUT2D eigenvalue weighted by molar-refractivity contribution is 5.92. The van der Waals surface area contributed by atoms with Gasteiger partial charge in [0, 0.05) is 49.6 Å². The summed E-state index contributed by atoms with van der Waals surface area (Å²) in [6.07, 6.45) is 5.55. The average molecular weight is 665 g/mol. The molecular weight excluding hydrogens is 640 g/mol. The summed E-state index contributed by atoms with van der Waals surface area (Å²) >= 11 is 0. The van der Waals surface area contributed by atoms with Crippen LogP contribution in [0.3, 0.4) is 0 Å². The van der Waals surface area contributed by atoms with Gasteiger partial charge in [0.1, 0.15) is 6.61 Å². The summed E-state index contributed by atoms with van der Waals surface area (Å²) in [7, 11) is 0. The van der Waals surface area contributed by atoms with E-state index in [4.69, 9.17) is 23.7 Å². The fourth-order valence-electron chi connectivity index (χ4n) is 4.34. The van der Waals surface area contributed by atoms with Gasteiger partial charge in [0.25, 0.3) is 0 Å². The summed E-state index contributed by atoms with van der Waals surface area (Å²) in [5, 5.41) is 57.1. The zero-order valence-corrected chi connectivity index (χ0v) is 24.2. The summed E-state index contributed by atoms with van der Waals surface area (Å²) in [6.45, 7) is -1.73. The van der Waals surface area contributed by atoms with Gasteiger partial charge in [-0.2, -0.15) is 0 Å². The predicted molar refractivity (Wildman–Crippen MR) is 150 cm³/mol. The van der Waals surface area contributed by atoms with Crippen LogP contribution in [-0.4, -0.2) is 105 Å². The van der Waals surface area contributed by atoms with Crippen molar-refractivity contribution in [1.82, 2.24) is 19.9 Å². The number of ether oxygens (including phenoxy) is 5. The fraction of sp³-hybridized carbons (Fsp3) is 0.200. The number of esters is 4. The van der Waals surface area contributed by atoms with Gasteiger partial charge >= 0.3 is 41.4 Å². The molecule has 1 aliphatic heterocycles. The van der Waals surface area contributed by atoms with Crippen molar-refractivity contribution in [2.75, 3.05) is 6.61 Å². The van der Waals surface area contributed by atoms with E-state index in [1.807, 2.05) is 0 Å². The summed E-state index contributed by atoms with van der Waals surface area (Å²) in [6, 6.07) is 9.51. The molecular formula is C30H24N4O14. The van der Waals surface area contributed by atoms with E-state index in [1.54, 1.807) is 0 Å². The van der Waals surface area contributed by atoms with Gasteiger partial charge in [-0.1, -0.05) is 0 Å². The van der Waals surface area contributed by atoms with Crippen LogP contribution in [0.25, 0.3) is 0 Å². The van der Waals surface area contributed by atoms with Crippen LogP contribution in [0.15, 0.2) is 98.1 Å². The molecule has 4 atom stereocenters. The van der Waals surface area contributed by atoms with Crippen molar-refractivity contribution < 1.29 is 68.4 Å². The van der Waals surface area contributed by atoms with Gasteiger partial charge in [0.05, 0.1) is 22.3 Å². The molecule has 5 heterocycles. The fourth-order valence-corrected chi connectivity index (χ4v) is 4.34. The molecule has 0 radical (unpaired) electrons. The predicted octanol–water partition coefficient (Wildman–Crippen LogP) is -0.903. The second-order valence-electron chi connectivity index (χ2n) is 9.93. The Morgan fingerprint density at radius 1 is 0.625 bits per heavy atom. The van der Waals surface area contributed by atoms with Crippen LogP contribution in [0.5, 0.6) is 0 Å². The Balaban J connectivity index is 1.76. The third-order valence-electron chi connectivity index (χ3n) is 6.77. The van der Waals surface area contributed by atoms with Crippen LogP contribution >= 0.6 is 0 Å². The molecule has 48 heavy (non-hydrogen) atoms. The van der Waals surface area contributed by atoms with Crippen molar-refractivity contribution in [3.8, 4) is 0 Å². The van der Waals surface area contributed by atoms with E-state index < -0.39 is 82.2 Å². The highest BCUT2D eigenvalue weighted by Crippen LogP contribution is 2.51. The first kappa shape index (κ1) is 33.6. The van der Waals surface area contributed by atoms with E-state index in [1.165, 1.54) is 49.1 Å². The van der Waals surface area contributed by atoms with E-state index in [0.717, 1.165) is 49.1 Å². The van der Waals surface area contributed by atoms with Gasteiger partial charge in [0.15, 0.2) is 6.10 Å². The first-order chi connectivity index (χ1) is 22.9. The van der Waals surface area contributed by atoms with Crippen molar-refractivity contribution in [2.24, 2.45) is 0 Å². The van der Waals surface area contributed by atoms with Crippen LogP contribution in [0.1, 0.15) is 41.4 Å². The Morgan fingerprint density at radius 3 is 1.31 bits per heavy atom.